The molecule has 5 N–H and O–H groups in total. The van der Waals surface area contributed by atoms with Crippen LogP contribution in [0.3, 0.4) is 0 Å². The Kier molecular flexibility index (Phi) is 7.44. The number of nitrogens with one attached hydrogen (secondary N) is 2. The first-order valence-corrected chi connectivity index (χ1v) is 13.3. The van der Waals surface area contributed by atoms with Crippen molar-refractivity contribution in [1.29, 1.82) is 0 Å². The van der Waals surface area contributed by atoms with Crippen LogP contribution >= 0.6 is 34.8 Å². The maximum Gasteiger partial charge on any atom is 0.224 e. The van der Waals surface area contributed by atoms with Crippen LogP contribution in [0.15, 0.2) is 18.3 Å². The third-order valence-corrected chi connectivity index (χ3v) is 7.98. The maximum atomic E-state index is 11.7. The number of nitrogens with two attached hydrogens (primary N) is 1. The lowest BCUT2D eigenvalue weighted by Gasteiger charge is -2.29. The molecule has 36 heavy (non-hydrogen) atoms. The molecule has 2 heterocycles. The lowest BCUT2D eigenvalue weighted by molar-refractivity contribution is -0.122. The van der Waals surface area contributed by atoms with Gasteiger partial charge in [0, 0.05) is 23.0 Å². The number of hydrogen-bond donors (Lipinski definition) is 4. The van der Waals surface area contributed by atoms with Crippen molar-refractivity contribution in [1.82, 2.24) is 19.5 Å². The van der Waals surface area contributed by atoms with Gasteiger partial charge in [-0.1, -0.05) is 34.8 Å². The highest BCUT2D eigenvalue weighted by Crippen LogP contribution is 2.40. The molecule has 5 rings (SSSR count). The Balaban J connectivity index is 1.50. The smallest absolute Gasteiger partial charge is 0.224 e. The van der Waals surface area contributed by atoms with Gasteiger partial charge in [-0.25, -0.2) is 9.97 Å². The third kappa shape index (κ3) is 5.34. The molecule has 0 atom stereocenters. The molecule has 9 nitrogen and oxygen atoms in total. The summed E-state index contributed by atoms with van der Waals surface area (Å²) >= 11 is 19.0. The maximum absolute atomic E-state index is 11.7. The largest absolute Gasteiger partial charge is 0.393 e. The van der Waals surface area contributed by atoms with Gasteiger partial charge in [0.1, 0.15) is 5.52 Å². The van der Waals surface area contributed by atoms with Crippen LogP contribution in [0.25, 0.3) is 11.2 Å². The minimum absolute atomic E-state index is 0.0468. The van der Waals surface area contributed by atoms with Gasteiger partial charge in [0.05, 0.1) is 28.0 Å². The molecule has 0 unspecified atom stereocenters. The number of halogens is 3. The average Bonchev–Trinajstić information content (AvgIpc) is 3.20. The van der Waals surface area contributed by atoms with Gasteiger partial charge in [0.15, 0.2) is 5.65 Å². The van der Waals surface area contributed by atoms with E-state index < -0.39 is 0 Å². The van der Waals surface area contributed by atoms with Crippen molar-refractivity contribution in [2.75, 3.05) is 10.6 Å². The van der Waals surface area contributed by atoms with Gasteiger partial charge in [0.25, 0.3) is 0 Å². The normalized spacial score (nSPS) is 24.6. The number of amides is 1. The van der Waals surface area contributed by atoms with Crippen LogP contribution in [0, 0.1) is 5.92 Å². The van der Waals surface area contributed by atoms with Gasteiger partial charge in [-0.05, 0) is 63.5 Å². The Labute approximate surface area is 223 Å². The minimum atomic E-state index is -0.256. The van der Waals surface area contributed by atoms with E-state index >= 15 is 0 Å². The standard InChI is InChI=1S/C24H28Cl3N7O2/c25-13-9-17(26)20(18(27)10-13)32-24-31-19-11-29-23(30-14-3-7-16(35)8-4-14)33-22(19)34(24)15-5-1-12(2-6-15)21(28)36/h9-12,14-16,35H,1-8H2,(H2,28,36)(H,31,32)(H,29,30,33)/t12-,14-,15+,16-. The predicted molar refractivity (Wildman–Crippen MR) is 142 cm³/mol. The Morgan fingerprint density at radius 1 is 1.00 bits per heavy atom. The summed E-state index contributed by atoms with van der Waals surface area (Å²) < 4.78 is 2.05. The van der Waals surface area contributed by atoms with Gasteiger partial charge in [-0.3, -0.25) is 9.36 Å². The van der Waals surface area contributed by atoms with E-state index in [-0.39, 0.29) is 30.0 Å². The molecular weight excluding hydrogens is 525 g/mol. The number of nitrogens with zero attached hydrogens (tertiary/aromatic N) is 4. The highest BCUT2D eigenvalue weighted by molar-refractivity contribution is 6.41. The van der Waals surface area contributed by atoms with E-state index in [1.54, 1.807) is 18.3 Å². The minimum Gasteiger partial charge on any atom is -0.393 e. The summed E-state index contributed by atoms with van der Waals surface area (Å²) in [6.07, 6.45) is 7.61. The van der Waals surface area contributed by atoms with Crippen molar-refractivity contribution in [3.8, 4) is 0 Å². The summed E-state index contributed by atoms with van der Waals surface area (Å²) in [5.74, 6) is 0.672. The number of carbonyl (C=O) groups excluding carboxylic acids is 1. The second-order valence-corrected chi connectivity index (χ2v) is 10.9. The van der Waals surface area contributed by atoms with E-state index in [1.165, 1.54) is 0 Å². The van der Waals surface area contributed by atoms with Gasteiger partial charge in [-0.15, -0.1) is 0 Å². The molecule has 2 aromatic heterocycles. The van der Waals surface area contributed by atoms with Gasteiger partial charge >= 0.3 is 0 Å². The fraction of sp³-hybridized carbons (Fsp3) is 0.500. The number of primary amides is 1. The Morgan fingerprint density at radius 2 is 1.67 bits per heavy atom. The molecule has 1 aromatic carbocycles. The molecular formula is C24H28Cl3N7O2. The van der Waals surface area contributed by atoms with Gasteiger partial charge in [0.2, 0.25) is 17.8 Å². The van der Waals surface area contributed by atoms with Crippen molar-refractivity contribution in [2.24, 2.45) is 11.7 Å². The fourth-order valence-electron chi connectivity index (χ4n) is 5.19. The second kappa shape index (κ2) is 10.6. The first kappa shape index (κ1) is 25.3. The predicted octanol–water partition coefficient (Wildman–Crippen LogP) is 5.46. The lowest BCUT2D eigenvalue weighted by atomic mass is 9.85. The zero-order chi connectivity index (χ0) is 25.4. The number of hydrogen-bond acceptors (Lipinski definition) is 7. The molecule has 2 fully saturated rings. The Hall–Kier alpha value is -2.33. The van der Waals surface area contributed by atoms with Crippen LogP contribution < -0.4 is 16.4 Å². The quantitative estimate of drug-likeness (QED) is 0.319. The zero-order valence-corrected chi connectivity index (χ0v) is 21.8. The SMILES string of the molecule is NC(=O)[C@H]1CC[C@@H](n2c(Nc3c(Cl)cc(Cl)cc3Cl)nc3cnc(N[C@H]4CC[C@H](O)CC4)nc32)CC1. The molecule has 2 aliphatic rings. The van der Waals surface area contributed by atoms with Crippen LogP contribution in [-0.4, -0.2) is 42.7 Å². The van der Waals surface area contributed by atoms with Crippen LogP contribution in [0.1, 0.15) is 57.4 Å². The van der Waals surface area contributed by atoms with E-state index in [0.717, 1.165) is 38.5 Å². The van der Waals surface area contributed by atoms with Crippen molar-refractivity contribution in [2.45, 2.75) is 69.6 Å². The number of anilines is 3. The summed E-state index contributed by atoms with van der Waals surface area (Å²) in [4.78, 5) is 25.8. The van der Waals surface area contributed by atoms with Crippen molar-refractivity contribution in [3.05, 3.63) is 33.4 Å². The number of carbonyl (C=O) groups is 1. The summed E-state index contributed by atoms with van der Waals surface area (Å²) in [5.41, 5.74) is 7.36. The van der Waals surface area contributed by atoms with Crippen molar-refractivity contribution in [3.63, 3.8) is 0 Å². The molecule has 3 aromatic rings. The van der Waals surface area contributed by atoms with Crippen molar-refractivity contribution < 1.29 is 9.90 Å². The van der Waals surface area contributed by atoms with Crippen LogP contribution in [0.4, 0.5) is 17.6 Å². The Morgan fingerprint density at radius 3 is 2.31 bits per heavy atom. The van der Waals surface area contributed by atoms with Crippen molar-refractivity contribution >= 4 is 69.5 Å². The third-order valence-electron chi connectivity index (χ3n) is 7.17. The molecule has 0 bridgehead atoms. The second-order valence-electron chi connectivity index (χ2n) is 9.63. The molecule has 12 heteroatoms. The number of rotatable bonds is 6. The number of benzene rings is 1. The molecule has 192 valence electrons. The van der Waals surface area contributed by atoms with E-state index in [2.05, 4.69) is 15.6 Å². The highest BCUT2D eigenvalue weighted by Gasteiger charge is 2.30. The summed E-state index contributed by atoms with van der Waals surface area (Å²) in [5, 5.41) is 17.7. The molecule has 0 radical (unpaired) electrons. The van der Waals surface area contributed by atoms with E-state index in [0.29, 0.717) is 56.7 Å². The summed E-state index contributed by atoms with van der Waals surface area (Å²) in [6.45, 7) is 0. The number of aliphatic hydroxyl groups is 1. The molecule has 1 amide bonds. The number of aliphatic hydroxyl groups excluding tert-OH is 1. The molecule has 0 aliphatic heterocycles. The number of imidazole rings is 1. The van der Waals surface area contributed by atoms with E-state index in [9.17, 15) is 9.90 Å². The number of fused-ring (bicyclic) bond motifs is 1. The lowest BCUT2D eigenvalue weighted by Crippen LogP contribution is -2.29. The van der Waals surface area contributed by atoms with Gasteiger partial charge in [-0.2, -0.15) is 4.98 Å². The average molecular weight is 553 g/mol. The first-order chi connectivity index (χ1) is 17.3. The molecule has 2 saturated carbocycles. The van der Waals surface area contributed by atoms with E-state index in [1.807, 2.05) is 4.57 Å². The van der Waals surface area contributed by atoms with Crippen LogP contribution in [0.5, 0.6) is 0 Å². The number of aromatic nitrogens is 4. The van der Waals surface area contributed by atoms with Crippen LogP contribution in [0.2, 0.25) is 15.1 Å². The molecule has 0 saturated heterocycles. The topological polar surface area (TPSA) is 131 Å². The van der Waals surface area contributed by atoms with Crippen LogP contribution in [-0.2, 0) is 4.79 Å². The zero-order valence-electron chi connectivity index (χ0n) is 19.6. The first-order valence-electron chi connectivity index (χ1n) is 12.2. The fourth-order valence-corrected chi connectivity index (χ4v) is 6.10. The summed E-state index contributed by atoms with van der Waals surface area (Å²) in [7, 11) is 0. The Bertz CT molecular complexity index is 1250. The summed E-state index contributed by atoms with van der Waals surface area (Å²) in [6, 6.07) is 3.49. The molecule has 2 aliphatic carbocycles. The molecule has 0 spiro atoms. The highest BCUT2D eigenvalue weighted by atomic mass is 35.5. The monoisotopic (exact) mass is 551 g/mol. The van der Waals surface area contributed by atoms with Gasteiger partial charge < -0.3 is 21.5 Å². The van der Waals surface area contributed by atoms with E-state index in [4.69, 9.17) is 50.5 Å².